The molecule has 2 aliphatic heterocycles. The zero-order valence-corrected chi connectivity index (χ0v) is 12.1. The van der Waals surface area contributed by atoms with E-state index >= 15 is 0 Å². The highest BCUT2D eigenvalue weighted by atomic mass is 35.5. The molecule has 21 heavy (non-hydrogen) atoms. The predicted molar refractivity (Wildman–Crippen MR) is 78.8 cm³/mol. The molecule has 2 amide bonds. The van der Waals surface area contributed by atoms with Gasteiger partial charge in [-0.25, -0.2) is 0 Å². The van der Waals surface area contributed by atoms with E-state index in [0.29, 0.717) is 35.9 Å². The summed E-state index contributed by atoms with van der Waals surface area (Å²) in [5.41, 5.74) is 6.65. The smallest absolute Gasteiger partial charge is 0.253 e. The van der Waals surface area contributed by atoms with E-state index in [0.717, 1.165) is 5.56 Å². The molecule has 2 heterocycles. The SMILES string of the molecule is NC(=O)[C@@H]1CCN(C(=O)C2=Cc3cc(Cl)ccc3OC2)C1. The lowest BCUT2D eigenvalue weighted by atomic mass is 10.1. The molecule has 1 fully saturated rings. The second-order valence-corrected chi connectivity index (χ2v) is 5.72. The van der Waals surface area contributed by atoms with Gasteiger partial charge in [0.1, 0.15) is 12.4 Å². The zero-order valence-electron chi connectivity index (χ0n) is 11.3. The fourth-order valence-electron chi connectivity index (χ4n) is 2.65. The molecular weight excluding hydrogens is 292 g/mol. The molecule has 3 rings (SSSR count). The van der Waals surface area contributed by atoms with Crippen molar-refractivity contribution in [3.63, 3.8) is 0 Å². The van der Waals surface area contributed by atoms with Crippen LogP contribution in [0.1, 0.15) is 12.0 Å². The first-order valence-electron chi connectivity index (χ1n) is 6.76. The summed E-state index contributed by atoms with van der Waals surface area (Å²) in [6.45, 7) is 1.16. The highest BCUT2D eigenvalue weighted by Gasteiger charge is 2.31. The fourth-order valence-corrected chi connectivity index (χ4v) is 2.83. The second kappa shape index (κ2) is 5.41. The van der Waals surface area contributed by atoms with Crippen molar-refractivity contribution in [3.8, 4) is 5.75 Å². The van der Waals surface area contributed by atoms with Crippen LogP contribution >= 0.6 is 11.6 Å². The van der Waals surface area contributed by atoms with Crippen molar-refractivity contribution in [3.05, 3.63) is 34.4 Å². The van der Waals surface area contributed by atoms with Crippen molar-refractivity contribution in [2.24, 2.45) is 11.7 Å². The van der Waals surface area contributed by atoms with Crippen LogP contribution in [-0.2, 0) is 9.59 Å². The van der Waals surface area contributed by atoms with E-state index in [9.17, 15) is 9.59 Å². The van der Waals surface area contributed by atoms with Crippen LogP contribution in [0.4, 0.5) is 0 Å². The number of rotatable bonds is 2. The number of fused-ring (bicyclic) bond motifs is 1. The first-order valence-corrected chi connectivity index (χ1v) is 7.14. The number of ether oxygens (including phenoxy) is 1. The lowest BCUT2D eigenvalue weighted by Crippen LogP contribution is -2.34. The molecule has 6 heteroatoms. The van der Waals surface area contributed by atoms with Crippen molar-refractivity contribution in [2.45, 2.75) is 6.42 Å². The van der Waals surface area contributed by atoms with Gasteiger partial charge in [0.25, 0.3) is 5.91 Å². The summed E-state index contributed by atoms with van der Waals surface area (Å²) in [5.74, 6) is 0.00820. The monoisotopic (exact) mass is 306 g/mol. The van der Waals surface area contributed by atoms with Gasteiger partial charge < -0.3 is 15.4 Å². The molecule has 0 saturated carbocycles. The minimum absolute atomic E-state index is 0.107. The minimum Gasteiger partial charge on any atom is -0.488 e. The number of primary amides is 1. The van der Waals surface area contributed by atoms with Crippen molar-refractivity contribution in [1.29, 1.82) is 0 Å². The van der Waals surface area contributed by atoms with Crippen molar-refractivity contribution >= 4 is 29.5 Å². The van der Waals surface area contributed by atoms with Crippen molar-refractivity contribution in [2.75, 3.05) is 19.7 Å². The van der Waals surface area contributed by atoms with Crippen LogP contribution in [0.5, 0.6) is 5.75 Å². The number of benzene rings is 1. The Hall–Kier alpha value is -2.01. The predicted octanol–water partition coefficient (Wildman–Crippen LogP) is 1.45. The van der Waals surface area contributed by atoms with Gasteiger partial charge in [0, 0.05) is 23.7 Å². The average molecular weight is 307 g/mol. The molecular formula is C15H15ClN2O3. The van der Waals surface area contributed by atoms with Crippen LogP contribution in [0.3, 0.4) is 0 Å². The fraction of sp³-hybridized carbons (Fsp3) is 0.333. The van der Waals surface area contributed by atoms with E-state index in [1.54, 1.807) is 29.2 Å². The van der Waals surface area contributed by atoms with E-state index in [1.165, 1.54) is 0 Å². The Bertz CT molecular complexity index is 642. The molecule has 0 bridgehead atoms. The molecule has 0 unspecified atom stereocenters. The molecule has 0 aliphatic carbocycles. The van der Waals surface area contributed by atoms with Gasteiger partial charge in [0.2, 0.25) is 5.91 Å². The van der Waals surface area contributed by atoms with E-state index in [-0.39, 0.29) is 24.3 Å². The summed E-state index contributed by atoms with van der Waals surface area (Å²) in [7, 11) is 0. The largest absolute Gasteiger partial charge is 0.488 e. The first kappa shape index (κ1) is 13.9. The third-order valence-corrected chi connectivity index (χ3v) is 4.07. The molecule has 2 N–H and O–H groups in total. The van der Waals surface area contributed by atoms with E-state index < -0.39 is 0 Å². The van der Waals surface area contributed by atoms with E-state index in [2.05, 4.69) is 0 Å². The molecule has 1 atom stereocenters. The van der Waals surface area contributed by atoms with Gasteiger partial charge in [0.05, 0.1) is 11.5 Å². The van der Waals surface area contributed by atoms with Crippen LogP contribution in [0.15, 0.2) is 23.8 Å². The van der Waals surface area contributed by atoms with Gasteiger partial charge in [0.15, 0.2) is 0 Å². The standard InChI is InChI=1S/C15H15ClN2O3/c16-12-1-2-13-10(6-12)5-11(8-21-13)15(20)18-4-3-9(7-18)14(17)19/h1-2,5-6,9H,3-4,7-8H2,(H2,17,19)/t9-/m1/s1. The van der Waals surface area contributed by atoms with Gasteiger partial charge in [-0.2, -0.15) is 0 Å². The summed E-state index contributed by atoms with van der Waals surface area (Å²) in [4.78, 5) is 25.3. The Morgan fingerprint density at radius 2 is 2.19 bits per heavy atom. The summed E-state index contributed by atoms with van der Waals surface area (Å²) >= 11 is 5.95. The van der Waals surface area contributed by atoms with Gasteiger partial charge in [-0.15, -0.1) is 0 Å². The molecule has 1 aromatic carbocycles. The van der Waals surface area contributed by atoms with Crippen molar-refractivity contribution < 1.29 is 14.3 Å². The Balaban J connectivity index is 1.79. The van der Waals surface area contributed by atoms with E-state index in [1.807, 2.05) is 0 Å². The average Bonchev–Trinajstić information content (AvgIpc) is 2.95. The molecule has 110 valence electrons. The molecule has 0 aromatic heterocycles. The number of nitrogens with zero attached hydrogens (tertiary/aromatic N) is 1. The number of carbonyl (C=O) groups excluding carboxylic acids is 2. The Labute approximate surface area is 127 Å². The molecule has 0 radical (unpaired) electrons. The van der Waals surface area contributed by atoms with Crippen LogP contribution in [0.2, 0.25) is 5.02 Å². The number of hydrogen-bond donors (Lipinski definition) is 1. The summed E-state index contributed by atoms with van der Waals surface area (Å²) < 4.78 is 5.58. The maximum Gasteiger partial charge on any atom is 0.253 e. The number of likely N-dealkylation sites (tertiary alicyclic amines) is 1. The van der Waals surface area contributed by atoms with Crippen LogP contribution in [0, 0.1) is 5.92 Å². The Morgan fingerprint density at radius 1 is 1.38 bits per heavy atom. The third-order valence-electron chi connectivity index (χ3n) is 3.84. The molecule has 1 aromatic rings. The highest BCUT2D eigenvalue weighted by molar-refractivity contribution is 6.30. The Kier molecular flexibility index (Phi) is 3.59. The zero-order chi connectivity index (χ0) is 15.0. The number of amides is 2. The topological polar surface area (TPSA) is 72.6 Å². The molecule has 0 spiro atoms. The van der Waals surface area contributed by atoms with Gasteiger partial charge in [-0.3, -0.25) is 9.59 Å². The van der Waals surface area contributed by atoms with Crippen LogP contribution in [0.25, 0.3) is 6.08 Å². The summed E-state index contributed by atoms with van der Waals surface area (Å²) in [5, 5.41) is 0.595. The molecule has 5 nitrogen and oxygen atoms in total. The number of carbonyl (C=O) groups is 2. The van der Waals surface area contributed by atoms with Gasteiger partial charge in [-0.1, -0.05) is 11.6 Å². The quantitative estimate of drug-likeness (QED) is 0.899. The lowest BCUT2D eigenvalue weighted by Gasteiger charge is -2.22. The number of halogens is 1. The molecule has 1 saturated heterocycles. The van der Waals surface area contributed by atoms with Gasteiger partial charge in [-0.05, 0) is 30.7 Å². The van der Waals surface area contributed by atoms with E-state index in [4.69, 9.17) is 22.1 Å². The Morgan fingerprint density at radius 3 is 2.90 bits per heavy atom. The number of nitrogens with two attached hydrogens (primary N) is 1. The first-order chi connectivity index (χ1) is 10.0. The van der Waals surface area contributed by atoms with Crippen molar-refractivity contribution in [1.82, 2.24) is 4.90 Å². The maximum atomic E-state index is 12.5. The lowest BCUT2D eigenvalue weighted by molar-refractivity contribution is -0.127. The van der Waals surface area contributed by atoms with Gasteiger partial charge >= 0.3 is 0 Å². The normalized spacial score (nSPS) is 20.5. The maximum absolute atomic E-state index is 12.5. The second-order valence-electron chi connectivity index (χ2n) is 5.28. The summed E-state index contributed by atoms with van der Waals surface area (Å²) in [6, 6.07) is 5.30. The molecule has 2 aliphatic rings. The third kappa shape index (κ3) is 2.74. The van der Waals surface area contributed by atoms with Crippen LogP contribution in [-0.4, -0.2) is 36.4 Å². The minimum atomic E-state index is -0.351. The summed E-state index contributed by atoms with van der Waals surface area (Å²) in [6.07, 6.45) is 2.42. The number of hydrogen-bond acceptors (Lipinski definition) is 3. The highest BCUT2D eigenvalue weighted by Crippen LogP contribution is 2.30. The van der Waals surface area contributed by atoms with Crippen LogP contribution < -0.4 is 10.5 Å².